The summed E-state index contributed by atoms with van der Waals surface area (Å²) in [6.45, 7) is 1.87. The molecule has 144 valence electrons. The van der Waals surface area contributed by atoms with E-state index in [1.165, 1.54) is 30.3 Å². The van der Waals surface area contributed by atoms with Gasteiger partial charge in [0, 0.05) is 5.69 Å². The minimum atomic E-state index is -3.80. The molecule has 3 aromatic carbocycles. The molecular formula is C20H16Cl2N2O3S. The van der Waals surface area contributed by atoms with Gasteiger partial charge < -0.3 is 5.32 Å². The van der Waals surface area contributed by atoms with Crippen LogP contribution in [0, 0.1) is 6.92 Å². The quantitative estimate of drug-likeness (QED) is 0.567. The van der Waals surface area contributed by atoms with Gasteiger partial charge in [0.05, 0.1) is 26.2 Å². The van der Waals surface area contributed by atoms with Crippen molar-refractivity contribution in [1.29, 1.82) is 0 Å². The molecule has 0 radical (unpaired) electrons. The number of amides is 1. The van der Waals surface area contributed by atoms with E-state index in [2.05, 4.69) is 10.0 Å². The van der Waals surface area contributed by atoms with E-state index < -0.39 is 15.9 Å². The van der Waals surface area contributed by atoms with E-state index in [9.17, 15) is 13.2 Å². The highest BCUT2D eigenvalue weighted by Crippen LogP contribution is 2.26. The van der Waals surface area contributed by atoms with Crippen molar-refractivity contribution in [1.82, 2.24) is 0 Å². The van der Waals surface area contributed by atoms with Crippen molar-refractivity contribution in [2.75, 3.05) is 10.0 Å². The van der Waals surface area contributed by atoms with Crippen molar-refractivity contribution < 1.29 is 13.2 Å². The predicted octanol–water partition coefficient (Wildman–Crippen LogP) is 5.35. The molecule has 0 saturated carbocycles. The highest BCUT2D eigenvalue weighted by molar-refractivity contribution is 7.92. The largest absolute Gasteiger partial charge is 0.321 e. The van der Waals surface area contributed by atoms with Crippen LogP contribution in [0.1, 0.15) is 15.9 Å². The maximum absolute atomic E-state index is 12.6. The zero-order chi connectivity index (χ0) is 20.3. The fourth-order valence-corrected chi connectivity index (χ4v) is 3.88. The van der Waals surface area contributed by atoms with Crippen molar-refractivity contribution in [3.8, 4) is 0 Å². The summed E-state index contributed by atoms with van der Waals surface area (Å²) >= 11 is 12.2. The third-order valence-corrected chi connectivity index (χ3v) is 5.97. The summed E-state index contributed by atoms with van der Waals surface area (Å²) in [5, 5.41) is 3.22. The Morgan fingerprint density at radius 1 is 0.893 bits per heavy atom. The minimum Gasteiger partial charge on any atom is -0.321 e. The average molecular weight is 435 g/mol. The lowest BCUT2D eigenvalue weighted by Crippen LogP contribution is -2.15. The Bertz CT molecular complexity index is 1130. The fraction of sp³-hybridized carbons (Fsp3) is 0.0500. The number of para-hydroxylation sites is 1. The lowest BCUT2D eigenvalue weighted by Gasteiger charge is -2.12. The number of hydrogen-bond acceptors (Lipinski definition) is 3. The number of aryl methyl sites for hydroxylation is 1. The van der Waals surface area contributed by atoms with Gasteiger partial charge in [0.1, 0.15) is 0 Å². The molecule has 1 amide bonds. The van der Waals surface area contributed by atoms with E-state index in [-0.39, 0.29) is 21.2 Å². The Morgan fingerprint density at radius 3 is 2.25 bits per heavy atom. The molecule has 0 bridgehead atoms. The average Bonchev–Trinajstić information content (AvgIpc) is 2.65. The van der Waals surface area contributed by atoms with E-state index in [0.717, 1.165) is 5.56 Å². The van der Waals surface area contributed by atoms with E-state index in [1.807, 2.05) is 6.92 Å². The molecule has 0 fully saturated rings. The van der Waals surface area contributed by atoms with Crippen LogP contribution in [0.3, 0.4) is 0 Å². The van der Waals surface area contributed by atoms with E-state index in [0.29, 0.717) is 10.7 Å². The highest BCUT2D eigenvalue weighted by atomic mass is 35.5. The first-order valence-corrected chi connectivity index (χ1v) is 10.4. The molecule has 0 saturated heterocycles. The van der Waals surface area contributed by atoms with Gasteiger partial charge in [-0.25, -0.2) is 8.42 Å². The number of halogens is 2. The Balaban J connectivity index is 1.86. The van der Waals surface area contributed by atoms with Crippen molar-refractivity contribution in [2.45, 2.75) is 11.8 Å². The molecule has 2 N–H and O–H groups in total. The minimum absolute atomic E-state index is 0.116. The third kappa shape index (κ3) is 4.65. The predicted molar refractivity (Wildman–Crippen MR) is 113 cm³/mol. The second-order valence-corrected chi connectivity index (χ2v) is 8.54. The van der Waals surface area contributed by atoms with Crippen molar-refractivity contribution in [3.05, 3.63) is 87.9 Å². The summed E-state index contributed by atoms with van der Waals surface area (Å²) in [5.74, 6) is -0.505. The molecule has 5 nitrogen and oxygen atoms in total. The van der Waals surface area contributed by atoms with Crippen molar-refractivity contribution in [3.63, 3.8) is 0 Å². The fourth-order valence-electron chi connectivity index (χ4n) is 2.45. The molecule has 0 aromatic heterocycles. The molecule has 0 unspecified atom stereocenters. The number of sulfonamides is 1. The van der Waals surface area contributed by atoms with Gasteiger partial charge in [-0.3, -0.25) is 9.52 Å². The Labute approximate surface area is 173 Å². The Kier molecular flexibility index (Phi) is 5.93. The van der Waals surface area contributed by atoms with E-state index >= 15 is 0 Å². The zero-order valence-electron chi connectivity index (χ0n) is 14.7. The maximum atomic E-state index is 12.6. The lowest BCUT2D eigenvalue weighted by atomic mass is 10.2. The topological polar surface area (TPSA) is 75.3 Å². The summed E-state index contributed by atoms with van der Waals surface area (Å²) in [6.07, 6.45) is 0. The molecule has 3 rings (SSSR count). The van der Waals surface area contributed by atoms with Crippen LogP contribution in [-0.2, 0) is 10.0 Å². The van der Waals surface area contributed by atoms with E-state index in [4.69, 9.17) is 23.2 Å². The smallest absolute Gasteiger partial charge is 0.261 e. The maximum Gasteiger partial charge on any atom is 0.261 e. The highest BCUT2D eigenvalue weighted by Gasteiger charge is 2.17. The van der Waals surface area contributed by atoms with Gasteiger partial charge in [-0.1, -0.05) is 53.0 Å². The molecule has 0 atom stereocenters. The summed E-state index contributed by atoms with van der Waals surface area (Å²) in [5.41, 5.74) is 1.71. The standard InChI is InChI=1S/C20H16Cl2N2O3S/c1-13-6-9-15(10-7-13)28(26,27)24-14-8-11-17(21)16(12-14)20(25)23-19-5-3-2-4-18(19)22/h2-12,24H,1H3,(H,23,25). The van der Waals surface area contributed by atoms with Gasteiger partial charge in [-0.05, 0) is 49.4 Å². The Morgan fingerprint density at radius 2 is 1.57 bits per heavy atom. The van der Waals surface area contributed by atoms with Gasteiger partial charge in [0.25, 0.3) is 15.9 Å². The lowest BCUT2D eigenvalue weighted by molar-refractivity contribution is 0.102. The van der Waals surface area contributed by atoms with Crippen LogP contribution in [0.4, 0.5) is 11.4 Å². The van der Waals surface area contributed by atoms with Gasteiger partial charge in [0.15, 0.2) is 0 Å². The number of anilines is 2. The molecule has 0 aliphatic carbocycles. The number of carbonyl (C=O) groups excluding carboxylic acids is 1. The van der Waals surface area contributed by atoms with Crippen LogP contribution in [0.2, 0.25) is 10.0 Å². The number of carbonyl (C=O) groups is 1. The summed E-state index contributed by atoms with van der Waals surface area (Å²) in [4.78, 5) is 12.7. The second kappa shape index (κ2) is 8.22. The van der Waals surface area contributed by atoms with Crippen LogP contribution < -0.4 is 10.0 Å². The SMILES string of the molecule is Cc1ccc(S(=O)(=O)Nc2ccc(Cl)c(C(=O)Nc3ccccc3Cl)c2)cc1. The first-order valence-electron chi connectivity index (χ1n) is 8.21. The normalized spacial score (nSPS) is 11.1. The molecule has 0 heterocycles. The van der Waals surface area contributed by atoms with Gasteiger partial charge in [-0.2, -0.15) is 0 Å². The molecule has 28 heavy (non-hydrogen) atoms. The van der Waals surface area contributed by atoms with Crippen LogP contribution in [0.15, 0.2) is 71.6 Å². The molecule has 0 spiro atoms. The second-order valence-electron chi connectivity index (χ2n) is 6.05. The van der Waals surface area contributed by atoms with Crippen LogP contribution in [0.5, 0.6) is 0 Å². The van der Waals surface area contributed by atoms with Crippen molar-refractivity contribution >= 4 is 50.5 Å². The Hall–Kier alpha value is -2.54. The van der Waals surface area contributed by atoms with Gasteiger partial charge in [-0.15, -0.1) is 0 Å². The first kappa shape index (κ1) is 20.2. The molecule has 8 heteroatoms. The van der Waals surface area contributed by atoms with Gasteiger partial charge in [0.2, 0.25) is 0 Å². The molecule has 0 aliphatic heterocycles. The third-order valence-electron chi connectivity index (χ3n) is 3.92. The van der Waals surface area contributed by atoms with E-state index in [1.54, 1.807) is 36.4 Å². The van der Waals surface area contributed by atoms with Gasteiger partial charge >= 0.3 is 0 Å². The van der Waals surface area contributed by atoms with Crippen LogP contribution >= 0.6 is 23.2 Å². The van der Waals surface area contributed by atoms with Crippen molar-refractivity contribution in [2.24, 2.45) is 0 Å². The summed E-state index contributed by atoms with van der Waals surface area (Å²) < 4.78 is 27.6. The molecule has 0 aliphatic rings. The zero-order valence-corrected chi connectivity index (χ0v) is 17.1. The number of nitrogens with one attached hydrogen (secondary N) is 2. The molecular weight excluding hydrogens is 419 g/mol. The van der Waals surface area contributed by atoms with Crippen LogP contribution in [-0.4, -0.2) is 14.3 Å². The monoisotopic (exact) mass is 434 g/mol. The first-order chi connectivity index (χ1) is 13.3. The van der Waals surface area contributed by atoms with Crippen LogP contribution in [0.25, 0.3) is 0 Å². The number of hydrogen-bond donors (Lipinski definition) is 2. The number of benzene rings is 3. The number of rotatable bonds is 5. The summed E-state index contributed by atoms with van der Waals surface area (Å²) in [6, 6.07) is 17.5. The molecule has 3 aromatic rings. The summed E-state index contributed by atoms with van der Waals surface area (Å²) in [7, 11) is -3.80.